The number of rotatable bonds is 4. The van der Waals surface area contributed by atoms with Gasteiger partial charge in [0, 0.05) is 37.5 Å². The van der Waals surface area contributed by atoms with Gasteiger partial charge in [-0.05, 0) is 32.6 Å². The van der Waals surface area contributed by atoms with Crippen molar-refractivity contribution in [3.63, 3.8) is 0 Å². The molecule has 0 bridgehead atoms. The molecule has 0 radical (unpaired) electrons. The molecule has 1 spiro atoms. The average molecular weight is 362 g/mol. The van der Waals surface area contributed by atoms with Gasteiger partial charge in [-0.15, -0.1) is 0 Å². The Balaban J connectivity index is 1.41. The summed E-state index contributed by atoms with van der Waals surface area (Å²) in [5.74, 6) is -0.113. The normalized spacial score (nSPS) is 29.4. The number of piperidine rings is 1. The van der Waals surface area contributed by atoms with E-state index >= 15 is 0 Å². The molecule has 2 unspecified atom stereocenters. The highest BCUT2D eigenvalue weighted by Crippen LogP contribution is 2.40. The summed E-state index contributed by atoms with van der Waals surface area (Å²) >= 11 is 0. The first-order valence-electron chi connectivity index (χ1n) is 9.92. The summed E-state index contributed by atoms with van der Waals surface area (Å²) in [6, 6.07) is 0.813. The van der Waals surface area contributed by atoms with Crippen molar-refractivity contribution in [3.05, 3.63) is 12.4 Å². The number of ether oxygens (including phenoxy) is 2. The van der Waals surface area contributed by atoms with Crippen molar-refractivity contribution in [3.8, 4) is 0 Å². The third-order valence-electron chi connectivity index (χ3n) is 6.36. The molecule has 144 valence electrons. The van der Waals surface area contributed by atoms with Crippen molar-refractivity contribution >= 4 is 11.5 Å². The molecule has 2 saturated heterocycles. The molecular formula is C19H30N4O3. The van der Waals surface area contributed by atoms with Crippen molar-refractivity contribution in [2.75, 3.05) is 31.2 Å². The van der Waals surface area contributed by atoms with Crippen molar-refractivity contribution in [1.82, 2.24) is 9.78 Å². The van der Waals surface area contributed by atoms with Gasteiger partial charge >= 0.3 is 0 Å². The molecule has 26 heavy (non-hydrogen) atoms. The van der Waals surface area contributed by atoms with Gasteiger partial charge in [0.15, 0.2) is 11.6 Å². The van der Waals surface area contributed by atoms with Crippen molar-refractivity contribution in [2.24, 2.45) is 11.7 Å². The second kappa shape index (κ2) is 7.29. The monoisotopic (exact) mass is 362 g/mol. The maximum absolute atomic E-state index is 12.0. The first kappa shape index (κ1) is 17.9. The molecule has 2 N–H and O–H groups in total. The average Bonchev–Trinajstić information content (AvgIpc) is 3.32. The standard InChI is InChI=1S/C19H30N4O3/c1-14-2-3-15(18(24)10-20)12-22(14)17-11-21-23(13-17)16-4-6-19(7-5-16)25-8-9-26-19/h11,13-16H,2-10,12,20H2,1H3. The van der Waals surface area contributed by atoms with E-state index in [0.717, 1.165) is 50.8 Å². The van der Waals surface area contributed by atoms with Gasteiger partial charge in [-0.25, -0.2) is 0 Å². The number of aromatic nitrogens is 2. The number of hydrogen-bond donors (Lipinski definition) is 1. The molecule has 1 aliphatic carbocycles. The number of carbonyl (C=O) groups is 1. The molecular weight excluding hydrogens is 332 g/mol. The van der Waals surface area contributed by atoms with Crippen LogP contribution in [0.3, 0.4) is 0 Å². The highest BCUT2D eigenvalue weighted by molar-refractivity contribution is 5.83. The number of hydrogen-bond acceptors (Lipinski definition) is 6. The minimum Gasteiger partial charge on any atom is -0.366 e. The van der Waals surface area contributed by atoms with Gasteiger partial charge in [-0.3, -0.25) is 9.48 Å². The van der Waals surface area contributed by atoms with Gasteiger partial charge in [0.05, 0.1) is 37.7 Å². The summed E-state index contributed by atoms with van der Waals surface area (Å²) < 4.78 is 13.7. The SMILES string of the molecule is CC1CCC(C(=O)CN)CN1c1cnn(C2CCC3(CC2)OCCO3)c1. The lowest BCUT2D eigenvalue weighted by Crippen LogP contribution is -2.45. The molecule has 7 heteroatoms. The second-order valence-corrected chi connectivity index (χ2v) is 7.96. The van der Waals surface area contributed by atoms with E-state index in [1.54, 1.807) is 0 Å². The Morgan fingerprint density at radius 1 is 1.27 bits per heavy atom. The summed E-state index contributed by atoms with van der Waals surface area (Å²) in [4.78, 5) is 14.3. The van der Waals surface area contributed by atoms with Gasteiger partial charge in [0.25, 0.3) is 0 Å². The Hall–Kier alpha value is -1.44. The van der Waals surface area contributed by atoms with E-state index in [4.69, 9.17) is 15.2 Å². The van der Waals surface area contributed by atoms with E-state index in [1.807, 2.05) is 6.20 Å². The molecule has 0 amide bonds. The lowest BCUT2D eigenvalue weighted by Gasteiger charge is -2.38. The highest BCUT2D eigenvalue weighted by Gasteiger charge is 2.41. The Morgan fingerprint density at radius 3 is 2.69 bits per heavy atom. The first-order valence-corrected chi connectivity index (χ1v) is 9.92. The predicted octanol–water partition coefficient (Wildman–Crippen LogP) is 1.87. The third kappa shape index (κ3) is 3.40. The van der Waals surface area contributed by atoms with Crippen LogP contribution < -0.4 is 10.6 Å². The van der Waals surface area contributed by atoms with Crippen molar-refractivity contribution in [2.45, 2.75) is 63.3 Å². The van der Waals surface area contributed by atoms with Crippen LogP contribution in [0.5, 0.6) is 0 Å². The molecule has 0 aromatic carbocycles. The van der Waals surface area contributed by atoms with E-state index in [1.165, 1.54) is 0 Å². The first-order chi connectivity index (χ1) is 12.6. The summed E-state index contributed by atoms with van der Waals surface area (Å²) in [6.07, 6.45) is 9.94. The molecule has 3 aliphatic rings. The fourth-order valence-electron chi connectivity index (χ4n) is 4.66. The summed E-state index contributed by atoms with van der Waals surface area (Å²) in [6.45, 7) is 4.54. The zero-order valence-corrected chi connectivity index (χ0v) is 15.6. The second-order valence-electron chi connectivity index (χ2n) is 7.96. The summed E-state index contributed by atoms with van der Waals surface area (Å²) in [7, 11) is 0. The van der Waals surface area contributed by atoms with Crippen molar-refractivity contribution in [1.29, 1.82) is 0 Å². The van der Waals surface area contributed by atoms with Gasteiger partial charge in [0.2, 0.25) is 0 Å². The Bertz CT molecular complexity index is 630. The van der Waals surface area contributed by atoms with Gasteiger partial charge in [-0.1, -0.05) is 0 Å². The van der Waals surface area contributed by atoms with Crippen molar-refractivity contribution < 1.29 is 14.3 Å². The van der Waals surface area contributed by atoms with E-state index in [-0.39, 0.29) is 24.0 Å². The lowest BCUT2D eigenvalue weighted by atomic mass is 9.89. The van der Waals surface area contributed by atoms with Crippen LogP contribution in [-0.2, 0) is 14.3 Å². The third-order valence-corrected chi connectivity index (χ3v) is 6.36. The number of ketones is 1. The number of nitrogens with zero attached hydrogens (tertiary/aromatic N) is 3. The fraction of sp³-hybridized carbons (Fsp3) is 0.789. The maximum atomic E-state index is 12.0. The van der Waals surface area contributed by atoms with E-state index in [0.29, 0.717) is 25.3 Å². The van der Waals surface area contributed by atoms with Gasteiger partial charge in [0.1, 0.15) is 0 Å². The minimum absolute atomic E-state index is 0.0470. The molecule has 2 aliphatic heterocycles. The fourth-order valence-corrected chi connectivity index (χ4v) is 4.66. The van der Waals surface area contributed by atoms with Gasteiger partial charge in [-0.2, -0.15) is 5.10 Å². The number of anilines is 1. The molecule has 7 nitrogen and oxygen atoms in total. The van der Waals surface area contributed by atoms with Gasteiger partial charge < -0.3 is 20.1 Å². The number of nitrogens with two attached hydrogens (primary N) is 1. The smallest absolute Gasteiger partial charge is 0.168 e. The molecule has 1 saturated carbocycles. The minimum atomic E-state index is -0.330. The van der Waals surface area contributed by atoms with Crippen LogP contribution in [-0.4, -0.2) is 53.7 Å². The van der Waals surface area contributed by atoms with E-state index in [9.17, 15) is 4.79 Å². The summed E-state index contributed by atoms with van der Waals surface area (Å²) in [5, 5.41) is 4.64. The maximum Gasteiger partial charge on any atom is 0.168 e. The molecule has 1 aromatic heterocycles. The zero-order chi connectivity index (χ0) is 18.1. The van der Waals surface area contributed by atoms with E-state index in [2.05, 4.69) is 27.8 Å². The largest absolute Gasteiger partial charge is 0.366 e. The number of Topliss-reactive ketones (excluding diaryl/α,β-unsaturated/α-hetero) is 1. The Morgan fingerprint density at radius 2 is 2.00 bits per heavy atom. The van der Waals surface area contributed by atoms with E-state index < -0.39 is 0 Å². The lowest BCUT2D eigenvalue weighted by molar-refractivity contribution is -0.181. The van der Waals surface area contributed by atoms with Crippen LogP contribution in [0, 0.1) is 5.92 Å². The van der Waals surface area contributed by atoms with Crippen LogP contribution in [0.2, 0.25) is 0 Å². The van der Waals surface area contributed by atoms with Crippen LogP contribution in [0.15, 0.2) is 12.4 Å². The topological polar surface area (TPSA) is 82.6 Å². The Kier molecular flexibility index (Phi) is 5.03. The van der Waals surface area contributed by atoms with Crippen LogP contribution >= 0.6 is 0 Å². The molecule has 3 heterocycles. The molecule has 4 rings (SSSR count). The van der Waals surface area contributed by atoms with Crippen LogP contribution in [0.1, 0.15) is 51.5 Å². The predicted molar refractivity (Wildman–Crippen MR) is 98.0 cm³/mol. The molecule has 1 aromatic rings. The summed E-state index contributed by atoms with van der Waals surface area (Å²) in [5.41, 5.74) is 6.68. The number of carbonyl (C=O) groups excluding carboxylic acids is 1. The van der Waals surface area contributed by atoms with Crippen LogP contribution in [0.25, 0.3) is 0 Å². The molecule has 3 fully saturated rings. The zero-order valence-electron chi connectivity index (χ0n) is 15.6. The van der Waals surface area contributed by atoms with Crippen LogP contribution in [0.4, 0.5) is 5.69 Å². The quantitative estimate of drug-likeness (QED) is 0.880. The molecule has 2 atom stereocenters. The Labute approximate surface area is 154 Å². The highest BCUT2D eigenvalue weighted by atomic mass is 16.7.